The first-order valence-electron chi connectivity index (χ1n) is 7.54. The predicted octanol–water partition coefficient (Wildman–Crippen LogP) is 2.01. The van der Waals surface area contributed by atoms with Gasteiger partial charge in [0.15, 0.2) is 0 Å². The van der Waals surface area contributed by atoms with Gasteiger partial charge in [-0.1, -0.05) is 19.1 Å². The maximum absolute atomic E-state index is 12.4. The number of nitrogens with one attached hydrogen (secondary N) is 1. The lowest BCUT2D eigenvalue weighted by Crippen LogP contribution is -2.37. The van der Waals surface area contributed by atoms with Gasteiger partial charge >= 0.3 is 0 Å². The summed E-state index contributed by atoms with van der Waals surface area (Å²) in [4.78, 5) is 17.0. The number of rotatable bonds is 6. The number of carbonyl (C=O) groups excluding carboxylic acids is 1. The minimum atomic E-state index is -0.298. The molecule has 0 bridgehead atoms. The molecule has 2 aromatic rings. The maximum Gasteiger partial charge on any atom is 0.243 e. The molecule has 1 heterocycles. The zero-order valence-corrected chi connectivity index (χ0v) is 13.0. The molecule has 3 N–H and O–H groups in total. The Balaban J connectivity index is 2.38. The van der Waals surface area contributed by atoms with E-state index in [0.717, 1.165) is 23.3 Å². The van der Waals surface area contributed by atoms with E-state index in [1.807, 2.05) is 42.7 Å². The van der Waals surface area contributed by atoms with Crippen molar-refractivity contribution in [3.8, 4) is 0 Å². The molecule has 0 radical (unpaired) electrons. The highest BCUT2D eigenvalue weighted by Crippen LogP contribution is 2.21. The number of aromatic nitrogens is 2. The Bertz CT molecular complexity index is 620. The Morgan fingerprint density at radius 3 is 2.76 bits per heavy atom. The zero-order valence-electron chi connectivity index (χ0n) is 13.0. The van der Waals surface area contributed by atoms with Crippen molar-refractivity contribution in [3.63, 3.8) is 0 Å². The van der Waals surface area contributed by atoms with Crippen LogP contribution in [-0.2, 0) is 11.2 Å². The average Bonchev–Trinajstić information content (AvgIpc) is 2.84. The highest BCUT2D eigenvalue weighted by atomic mass is 16.2. The number of nitrogens with zero attached hydrogens (tertiary/aromatic N) is 2. The van der Waals surface area contributed by atoms with Crippen LogP contribution in [0.15, 0.2) is 24.3 Å². The first-order chi connectivity index (χ1) is 10.1. The predicted molar refractivity (Wildman–Crippen MR) is 85.1 cm³/mol. The van der Waals surface area contributed by atoms with Crippen molar-refractivity contribution < 1.29 is 4.79 Å². The number of amides is 1. The number of imidazole rings is 1. The molecule has 2 atom stereocenters. The van der Waals surface area contributed by atoms with Crippen LogP contribution in [0.5, 0.6) is 0 Å². The summed E-state index contributed by atoms with van der Waals surface area (Å²) in [6.45, 7) is 6.49. The summed E-state index contributed by atoms with van der Waals surface area (Å²) in [6.07, 6.45) is 1.58. The summed E-state index contributed by atoms with van der Waals surface area (Å²) in [5, 5.41) is 3.03. The standard InChI is InChI=1S/C16H24N4O/c1-4-11(2)18-16(21)12(3)20-14-8-6-5-7-13(14)19-15(20)9-10-17/h5-8,11-12H,4,9-10,17H2,1-3H3,(H,18,21). The van der Waals surface area contributed by atoms with Crippen LogP contribution in [0.4, 0.5) is 0 Å². The molecule has 0 aliphatic rings. The number of para-hydroxylation sites is 2. The third kappa shape index (κ3) is 3.24. The summed E-state index contributed by atoms with van der Waals surface area (Å²) < 4.78 is 2.00. The molecule has 0 aliphatic carbocycles. The number of fused-ring (bicyclic) bond motifs is 1. The first-order valence-corrected chi connectivity index (χ1v) is 7.54. The number of carbonyl (C=O) groups is 1. The molecule has 0 fully saturated rings. The third-order valence-corrected chi connectivity index (χ3v) is 3.80. The van der Waals surface area contributed by atoms with Gasteiger partial charge in [0.2, 0.25) is 5.91 Å². The molecule has 2 rings (SSSR count). The van der Waals surface area contributed by atoms with Gasteiger partial charge in [0.05, 0.1) is 11.0 Å². The molecule has 1 aromatic heterocycles. The van der Waals surface area contributed by atoms with Crippen LogP contribution in [0.1, 0.15) is 39.1 Å². The number of hydrogen-bond donors (Lipinski definition) is 2. The fourth-order valence-electron chi connectivity index (χ4n) is 2.41. The normalized spacial score (nSPS) is 14.1. The van der Waals surface area contributed by atoms with Crippen LogP contribution in [0.3, 0.4) is 0 Å². The van der Waals surface area contributed by atoms with E-state index in [2.05, 4.69) is 17.2 Å². The Morgan fingerprint density at radius 1 is 1.38 bits per heavy atom. The van der Waals surface area contributed by atoms with E-state index in [1.165, 1.54) is 0 Å². The second-order valence-corrected chi connectivity index (χ2v) is 5.42. The topological polar surface area (TPSA) is 72.9 Å². The molecule has 114 valence electrons. The second-order valence-electron chi connectivity index (χ2n) is 5.42. The summed E-state index contributed by atoms with van der Waals surface area (Å²) in [7, 11) is 0. The first kappa shape index (κ1) is 15.5. The van der Waals surface area contributed by atoms with Crippen molar-refractivity contribution in [2.24, 2.45) is 5.73 Å². The Hall–Kier alpha value is -1.88. The molecular formula is C16H24N4O. The Kier molecular flexibility index (Phi) is 4.96. The van der Waals surface area contributed by atoms with Gasteiger partial charge in [-0.3, -0.25) is 4.79 Å². The lowest BCUT2D eigenvalue weighted by atomic mass is 10.2. The van der Waals surface area contributed by atoms with Crippen LogP contribution in [0.25, 0.3) is 11.0 Å². The van der Waals surface area contributed by atoms with Gasteiger partial charge < -0.3 is 15.6 Å². The van der Waals surface area contributed by atoms with Crippen LogP contribution in [0.2, 0.25) is 0 Å². The molecule has 0 saturated carbocycles. The van der Waals surface area contributed by atoms with E-state index >= 15 is 0 Å². The van der Waals surface area contributed by atoms with Crippen LogP contribution < -0.4 is 11.1 Å². The van der Waals surface area contributed by atoms with Gasteiger partial charge in [-0.05, 0) is 38.9 Å². The van der Waals surface area contributed by atoms with Gasteiger partial charge in [-0.15, -0.1) is 0 Å². The molecular weight excluding hydrogens is 264 g/mol. The maximum atomic E-state index is 12.4. The van der Waals surface area contributed by atoms with Crippen molar-refractivity contribution in [2.45, 2.75) is 45.7 Å². The minimum Gasteiger partial charge on any atom is -0.352 e. The van der Waals surface area contributed by atoms with Crippen molar-refractivity contribution in [3.05, 3.63) is 30.1 Å². The van der Waals surface area contributed by atoms with Crippen molar-refractivity contribution in [1.29, 1.82) is 0 Å². The highest BCUT2D eigenvalue weighted by molar-refractivity contribution is 5.84. The van der Waals surface area contributed by atoms with E-state index in [0.29, 0.717) is 13.0 Å². The van der Waals surface area contributed by atoms with Gasteiger partial charge in [-0.2, -0.15) is 0 Å². The van der Waals surface area contributed by atoms with Crippen molar-refractivity contribution in [2.75, 3.05) is 6.54 Å². The molecule has 0 spiro atoms. The monoisotopic (exact) mass is 288 g/mol. The van der Waals surface area contributed by atoms with E-state index < -0.39 is 0 Å². The average molecular weight is 288 g/mol. The SMILES string of the molecule is CCC(C)NC(=O)C(C)n1c(CCN)nc2ccccc21. The summed E-state index contributed by atoms with van der Waals surface area (Å²) in [5.41, 5.74) is 7.56. The number of benzene rings is 1. The fourth-order valence-corrected chi connectivity index (χ4v) is 2.41. The summed E-state index contributed by atoms with van der Waals surface area (Å²) in [5.74, 6) is 0.885. The lowest BCUT2D eigenvalue weighted by Gasteiger charge is -2.20. The molecule has 1 amide bonds. The zero-order chi connectivity index (χ0) is 15.4. The summed E-state index contributed by atoms with van der Waals surface area (Å²) >= 11 is 0. The third-order valence-electron chi connectivity index (χ3n) is 3.80. The molecule has 2 unspecified atom stereocenters. The highest BCUT2D eigenvalue weighted by Gasteiger charge is 2.21. The quantitative estimate of drug-likeness (QED) is 0.854. The molecule has 5 heteroatoms. The molecule has 1 aromatic carbocycles. The fraction of sp³-hybridized carbons (Fsp3) is 0.500. The van der Waals surface area contributed by atoms with Gasteiger partial charge in [-0.25, -0.2) is 4.98 Å². The smallest absolute Gasteiger partial charge is 0.243 e. The Morgan fingerprint density at radius 2 is 2.10 bits per heavy atom. The molecule has 5 nitrogen and oxygen atoms in total. The molecule has 0 saturated heterocycles. The number of hydrogen-bond acceptors (Lipinski definition) is 3. The van der Waals surface area contributed by atoms with E-state index in [9.17, 15) is 4.79 Å². The summed E-state index contributed by atoms with van der Waals surface area (Å²) in [6, 6.07) is 7.75. The number of nitrogens with two attached hydrogens (primary N) is 1. The van der Waals surface area contributed by atoms with Crippen LogP contribution in [-0.4, -0.2) is 28.0 Å². The van der Waals surface area contributed by atoms with Crippen LogP contribution >= 0.6 is 0 Å². The Labute approximate surface area is 125 Å². The van der Waals surface area contributed by atoms with Gasteiger partial charge in [0, 0.05) is 12.5 Å². The van der Waals surface area contributed by atoms with Gasteiger partial charge in [0.25, 0.3) is 0 Å². The molecule has 0 aliphatic heterocycles. The largest absolute Gasteiger partial charge is 0.352 e. The lowest BCUT2D eigenvalue weighted by molar-refractivity contribution is -0.124. The van der Waals surface area contributed by atoms with E-state index in [-0.39, 0.29) is 18.0 Å². The van der Waals surface area contributed by atoms with Crippen LogP contribution in [0, 0.1) is 0 Å². The van der Waals surface area contributed by atoms with E-state index in [4.69, 9.17) is 5.73 Å². The van der Waals surface area contributed by atoms with Crippen molar-refractivity contribution >= 4 is 16.9 Å². The second kappa shape index (κ2) is 6.72. The molecule has 21 heavy (non-hydrogen) atoms. The van der Waals surface area contributed by atoms with Crippen molar-refractivity contribution in [1.82, 2.24) is 14.9 Å². The minimum absolute atomic E-state index is 0.0192. The van der Waals surface area contributed by atoms with E-state index in [1.54, 1.807) is 0 Å². The van der Waals surface area contributed by atoms with Gasteiger partial charge in [0.1, 0.15) is 11.9 Å².